The molecule has 0 bridgehead atoms. The van der Waals surface area contributed by atoms with Crippen LogP contribution in [0.1, 0.15) is 58.3 Å². The zero-order valence-electron chi connectivity index (χ0n) is 11.1. The fraction of sp³-hybridized carbons (Fsp3) is 1.00. The molecular formula is C14H29NO. The second kappa shape index (κ2) is 9.00. The molecule has 16 heavy (non-hydrogen) atoms. The minimum Gasteiger partial charge on any atom is -0.383 e. The molecule has 0 aromatic rings. The van der Waals surface area contributed by atoms with Crippen molar-refractivity contribution in [3.05, 3.63) is 0 Å². The Morgan fingerprint density at radius 3 is 2.81 bits per heavy atom. The predicted molar refractivity (Wildman–Crippen MR) is 69.8 cm³/mol. The average Bonchev–Trinajstić information content (AvgIpc) is 2.73. The van der Waals surface area contributed by atoms with E-state index in [9.17, 15) is 0 Å². The molecule has 1 aliphatic rings. The van der Waals surface area contributed by atoms with Gasteiger partial charge in [0.25, 0.3) is 0 Å². The molecule has 0 spiro atoms. The van der Waals surface area contributed by atoms with Gasteiger partial charge in [-0.25, -0.2) is 0 Å². The fourth-order valence-electron chi connectivity index (χ4n) is 2.83. The molecule has 96 valence electrons. The second-order valence-corrected chi connectivity index (χ2v) is 5.09. The largest absolute Gasteiger partial charge is 0.383 e. The molecule has 2 heteroatoms. The quantitative estimate of drug-likeness (QED) is 0.610. The van der Waals surface area contributed by atoms with E-state index < -0.39 is 0 Å². The molecule has 0 saturated heterocycles. The van der Waals surface area contributed by atoms with Gasteiger partial charge >= 0.3 is 0 Å². The van der Waals surface area contributed by atoms with E-state index in [-0.39, 0.29) is 0 Å². The molecule has 0 heterocycles. The number of ether oxygens (including phenoxy) is 1. The lowest BCUT2D eigenvalue weighted by Gasteiger charge is -2.20. The Morgan fingerprint density at radius 1 is 1.19 bits per heavy atom. The first-order chi connectivity index (χ1) is 7.88. The van der Waals surface area contributed by atoms with Crippen LogP contribution in [0.3, 0.4) is 0 Å². The van der Waals surface area contributed by atoms with Crippen molar-refractivity contribution in [2.24, 2.45) is 5.92 Å². The van der Waals surface area contributed by atoms with Gasteiger partial charge in [0.15, 0.2) is 0 Å². The normalized spacial score (nSPS) is 25.1. The van der Waals surface area contributed by atoms with E-state index in [2.05, 4.69) is 12.2 Å². The number of nitrogens with one attached hydrogen (secondary N) is 1. The van der Waals surface area contributed by atoms with Gasteiger partial charge in [0, 0.05) is 19.7 Å². The smallest absolute Gasteiger partial charge is 0.0587 e. The number of methoxy groups -OCH3 is 1. The molecule has 0 radical (unpaired) electrons. The van der Waals surface area contributed by atoms with Crippen LogP contribution in [0.25, 0.3) is 0 Å². The topological polar surface area (TPSA) is 21.3 Å². The highest BCUT2D eigenvalue weighted by Gasteiger charge is 2.25. The van der Waals surface area contributed by atoms with Crippen molar-refractivity contribution in [1.29, 1.82) is 0 Å². The summed E-state index contributed by atoms with van der Waals surface area (Å²) < 4.78 is 5.09. The van der Waals surface area contributed by atoms with Crippen LogP contribution in [-0.2, 0) is 4.74 Å². The molecule has 0 aromatic carbocycles. The highest BCUT2D eigenvalue weighted by atomic mass is 16.5. The zero-order chi connectivity index (χ0) is 11.6. The summed E-state index contributed by atoms with van der Waals surface area (Å²) in [5.74, 6) is 0.939. The van der Waals surface area contributed by atoms with Crippen LogP contribution >= 0.6 is 0 Å². The van der Waals surface area contributed by atoms with Crippen molar-refractivity contribution in [3.8, 4) is 0 Å². The van der Waals surface area contributed by atoms with Gasteiger partial charge in [-0.05, 0) is 25.2 Å². The van der Waals surface area contributed by atoms with Crippen LogP contribution in [-0.4, -0.2) is 26.3 Å². The van der Waals surface area contributed by atoms with Gasteiger partial charge in [0.05, 0.1) is 6.61 Å². The van der Waals surface area contributed by atoms with Crippen LogP contribution in [0.2, 0.25) is 0 Å². The predicted octanol–water partition coefficient (Wildman–Crippen LogP) is 3.36. The van der Waals surface area contributed by atoms with Crippen molar-refractivity contribution >= 4 is 0 Å². The third kappa shape index (κ3) is 5.31. The lowest BCUT2D eigenvalue weighted by molar-refractivity contribution is 0.192. The van der Waals surface area contributed by atoms with Crippen molar-refractivity contribution in [2.75, 3.05) is 20.3 Å². The van der Waals surface area contributed by atoms with E-state index in [1.165, 1.54) is 51.4 Å². The summed E-state index contributed by atoms with van der Waals surface area (Å²) in [5.41, 5.74) is 0. The Balaban J connectivity index is 2.08. The lowest BCUT2D eigenvalue weighted by atomic mass is 9.96. The van der Waals surface area contributed by atoms with Crippen LogP contribution < -0.4 is 5.32 Å². The zero-order valence-corrected chi connectivity index (χ0v) is 11.1. The van der Waals surface area contributed by atoms with E-state index in [0.717, 1.165) is 25.1 Å². The minimum atomic E-state index is 0.775. The molecule has 0 amide bonds. The molecule has 0 aliphatic heterocycles. The molecule has 1 rings (SSSR count). The number of rotatable bonds is 9. The highest BCUT2D eigenvalue weighted by molar-refractivity contribution is 4.82. The number of hydrogen-bond acceptors (Lipinski definition) is 2. The summed E-state index contributed by atoms with van der Waals surface area (Å²) in [6, 6.07) is 0.775. The molecule has 2 nitrogen and oxygen atoms in total. The van der Waals surface area contributed by atoms with E-state index >= 15 is 0 Å². The maximum absolute atomic E-state index is 5.09. The lowest BCUT2D eigenvalue weighted by Crippen LogP contribution is -2.34. The first kappa shape index (κ1) is 14.0. The van der Waals surface area contributed by atoms with Gasteiger partial charge in [-0.1, -0.05) is 39.0 Å². The third-order valence-electron chi connectivity index (χ3n) is 3.80. The minimum absolute atomic E-state index is 0.775. The molecular weight excluding hydrogens is 198 g/mol. The van der Waals surface area contributed by atoms with Crippen LogP contribution in [0.4, 0.5) is 0 Å². The summed E-state index contributed by atoms with van der Waals surface area (Å²) in [6.45, 7) is 4.15. The van der Waals surface area contributed by atoms with Crippen molar-refractivity contribution in [3.63, 3.8) is 0 Å². The van der Waals surface area contributed by atoms with Gasteiger partial charge in [-0.2, -0.15) is 0 Å². The molecule has 0 aromatic heterocycles. The van der Waals surface area contributed by atoms with Gasteiger partial charge < -0.3 is 10.1 Å². The van der Waals surface area contributed by atoms with E-state index in [1.807, 2.05) is 0 Å². The molecule has 2 unspecified atom stereocenters. The summed E-state index contributed by atoms with van der Waals surface area (Å²) in [6.07, 6.45) is 11.3. The summed E-state index contributed by atoms with van der Waals surface area (Å²) in [7, 11) is 1.78. The number of hydrogen-bond donors (Lipinski definition) is 1. The third-order valence-corrected chi connectivity index (χ3v) is 3.80. The van der Waals surface area contributed by atoms with Crippen LogP contribution in [0.5, 0.6) is 0 Å². The Kier molecular flexibility index (Phi) is 7.87. The number of unbranched alkanes of at least 4 members (excludes halogenated alkanes) is 3. The molecule has 1 saturated carbocycles. The first-order valence-electron chi connectivity index (χ1n) is 7.10. The summed E-state index contributed by atoms with van der Waals surface area (Å²) in [4.78, 5) is 0. The van der Waals surface area contributed by atoms with E-state index in [1.54, 1.807) is 7.11 Å². The SMILES string of the molecule is CCCCCCC1CCCC1NCCOC. The van der Waals surface area contributed by atoms with Crippen molar-refractivity contribution in [1.82, 2.24) is 5.32 Å². The van der Waals surface area contributed by atoms with Gasteiger partial charge in [-0.3, -0.25) is 0 Å². The Hall–Kier alpha value is -0.0800. The molecule has 1 N–H and O–H groups in total. The van der Waals surface area contributed by atoms with Gasteiger partial charge in [-0.15, -0.1) is 0 Å². The van der Waals surface area contributed by atoms with Crippen LogP contribution in [0, 0.1) is 5.92 Å². The first-order valence-corrected chi connectivity index (χ1v) is 7.10. The standard InChI is InChI=1S/C14H29NO/c1-3-4-5-6-8-13-9-7-10-14(13)15-11-12-16-2/h13-15H,3-12H2,1-2H3. The van der Waals surface area contributed by atoms with Crippen LogP contribution in [0.15, 0.2) is 0 Å². The Labute approximate surface area is 101 Å². The maximum Gasteiger partial charge on any atom is 0.0587 e. The average molecular weight is 227 g/mol. The molecule has 1 aliphatic carbocycles. The van der Waals surface area contributed by atoms with E-state index in [0.29, 0.717) is 0 Å². The maximum atomic E-state index is 5.09. The Morgan fingerprint density at radius 2 is 2.06 bits per heavy atom. The monoisotopic (exact) mass is 227 g/mol. The van der Waals surface area contributed by atoms with Crippen molar-refractivity contribution in [2.45, 2.75) is 64.3 Å². The molecule has 1 fully saturated rings. The van der Waals surface area contributed by atoms with Gasteiger partial charge in [0.2, 0.25) is 0 Å². The van der Waals surface area contributed by atoms with Crippen molar-refractivity contribution < 1.29 is 4.74 Å². The summed E-state index contributed by atoms with van der Waals surface area (Å²) in [5, 5.41) is 3.65. The molecule has 2 atom stereocenters. The fourth-order valence-corrected chi connectivity index (χ4v) is 2.83. The Bertz CT molecular complexity index is 161. The highest BCUT2D eigenvalue weighted by Crippen LogP contribution is 2.30. The summed E-state index contributed by atoms with van der Waals surface area (Å²) >= 11 is 0. The van der Waals surface area contributed by atoms with E-state index in [4.69, 9.17) is 4.74 Å². The second-order valence-electron chi connectivity index (χ2n) is 5.09. The van der Waals surface area contributed by atoms with Gasteiger partial charge in [0.1, 0.15) is 0 Å².